The Morgan fingerprint density at radius 3 is 0.905 bits per heavy atom. The molecule has 0 aliphatic carbocycles. The third-order valence-electron chi connectivity index (χ3n) is 0.524. The maximum absolute atomic E-state index is 10.4. The Labute approximate surface area is 144 Å². The van der Waals surface area contributed by atoms with Gasteiger partial charge in [-0.2, -0.15) is 8.42 Å². The fraction of sp³-hybridized carbons (Fsp3) is 1.00. The van der Waals surface area contributed by atoms with Crippen molar-refractivity contribution in [2.24, 2.45) is 0 Å². The summed E-state index contributed by atoms with van der Waals surface area (Å²) in [4.78, 5) is 0. The number of rotatable bonds is 4. The SMILES string of the molecule is CCOS(=O)(=O)OCC.O=S(=O)([O-])[O-].O=S(=O)([O-])[O-].[Cu+2].[Cu+2]. The number of hydrogen-bond acceptors (Lipinski definition) is 12. The first kappa shape index (κ1) is 33.3. The van der Waals surface area contributed by atoms with Gasteiger partial charge in [-0.1, -0.05) is 0 Å². The predicted octanol–water partition coefficient (Wildman–Crippen LogP) is -2.38. The topological polar surface area (TPSA) is 213 Å². The molecule has 0 aliphatic rings. The van der Waals surface area contributed by atoms with Crippen LogP contribution in [-0.4, -0.2) is 56.7 Å². The molecule has 0 saturated carbocycles. The smallest absolute Gasteiger partial charge is 0.759 e. The summed E-state index contributed by atoms with van der Waals surface area (Å²) in [6.45, 7) is 3.39. The van der Waals surface area contributed by atoms with Crippen LogP contribution >= 0.6 is 0 Å². The molecule has 0 fully saturated rings. The van der Waals surface area contributed by atoms with Crippen LogP contribution in [0.2, 0.25) is 0 Å². The Balaban J connectivity index is -0.0000000622. The Bertz CT molecular complexity index is 449. The molecule has 0 spiro atoms. The summed E-state index contributed by atoms with van der Waals surface area (Å²) in [7, 11) is -14.0. The van der Waals surface area contributed by atoms with Gasteiger partial charge in [0, 0.05) is 20.8 Å². The van der Waals surface area contributed by atoms with E-state index in [9.17, 15) is 8.42 Å². The molecule has 0 aromatic heterocycles. The monoisotopic (exact) mass is 472 g/mol. The van der Waals surface area contributed by atoms with Gasteiger partial charge in [-0.15, -0.1) is 0 Å². The normalized spacial score (nSPS) is 10.6. The van der Waals surface area contributed by atoms with Crippen LogP contribution in [0.25, 0.3) is 0 Å². The molecule has 0 atom stereocenters. The van der Waals surface area contributed by atoms with E-state index in [0.717, 1.165) is 0 Å². The zero-order valence-corrected chi connectivity index (χ0v) is 14.5. The van der Waals surface area contributed by atoms with E-state index >= 15 is 0 Å². The first-order valence-electron chi connectivity index (χ1n) is 3.99. The van der Waals surface area contributed by atoms with Gasteiger partial charge < -0.3 is 18.2 Å². The van der Waals surface area contributed by atoms with E-state index in [2.05, 4.69) is 8.37 Å². The van der Waals surface area contributed by atoms with Gasteiger partial charge in [-0.05, 0) is 13.8 Å². The summed E-state index contributed by atoms with van der Waals surface area (Å²) in [5.74, 6) is 0. The Morgan fingerprint density at radius 1 is 0.667 bits per heavy atom. The van der Waals surface area contributed by atoms with E-state index < -0.39 is 31.2 Å². The third-order valence-corrected chi connectivity index (χ3v) is 1.57. The van der Waals surface area contributed by atoms with Gasteiger partial charge in [0.2, 0.25) is 0 Å². The van der Waals surface area contributed by atoms with E-state index in [0.29, 0.717) is 0 Å². The van der Waals surface area contributed by atoms with Gasteiger partial charge in [0.15, 0.2) is 0 Å². The molecule has 0 aromatic carbocycles. The van der Waals surface area contributed by atoms with Crippen LogP contribution in [0.3, 0.4) is 0 Å². The van der Waals surface area contributed by atoms with E-state index in [1.807, 2.05) is 0 Å². The Hall–Kier alpha value is 0.649. The van der Waals surface area contributed by atoms with Crippen molar-refractivity contribution < 1.29 is 86.0 Å². The van der Waals surface area contributed by atoms with Crippen molar-refractivity contribution in [1.29, 1.82) is 0 Å². The summed E-state index contributed by atoms with van der Waals surface area (Å²) >= 11 is 0. The molecule has 12 nitrogen and oxygen atoms in total. The molecule has 138 valence electrons. The van der Waals surface area contributed by atoms with Crippen molar-refractivity contribution in [2.45, 2.75) is 13.8 Å². The molecule has 17 heteroatoms. The minimum atomic E-state index is -5.17. The van der Waals surface area contributed by atoms with Gasteiger partial charge in [-0.3, -0.25) is 16.8 Å². The molecule has 0 bridgehead atoms. The number of hydrogen-bond donors (Lipinski definition) is 0. The zero-order valence-electron chi connectivity index (χ0n) is 10.1. The third kappa shape index (κ3) is 96.0. The fourth-order valence-corrected chi connectivity index (χ4v) is 0.968. The first-order chi connectivity index (χ1) is 8.12. The molecule has 0 heterocycles. The van der Waals surface area contributed by atoms with Crippen LogP contribution < -0.4 is 0 Å². The van der Waals surface area contributed by atoms with E-state index in [1.165, 1.54) is 0 Å². The molecule has 2 radical (unpaired) electrons. The molecule has 0 amide bonds. The van der Waals surface area contributed by atoms with E-state index in [-0.39, 0.29) is 47.4 Å². The summed E-state index contributed by atoms with van der Waals surface area (Å²) in [5.41, 5.74) is 0. The van der Waals surface area contributed by atoms with Crippen molar-refractivity contribution >= 4 is 31.2 Å². The van der Waals surface area contributed by atoms with Crippen molar-refractivity contribution in [3.63, 3.8) is 0 Å². The molecular weight excluding hydrogens is 463 g/mol. The zero-order chi connectivity index (χ0) is 16.3. The summed E-state index contributed by atoms with van der Waals surface area (Å²) in [5, 5.41) is 0. The molecule has 0 aliphatic heterocycles. The average molecular weight is 473 g/mol. The van der Waals surface area contributed by atoms with E-state index in [1.54, 1.807) is 13.8 Å². The Morgan fingerprint density at radius 2 is 0.810 bits per heavy atom. The van der Waals surface area contributed by atoms with Crippen LogP contribution in [0.15, 0.2) is 0 Å². The van der Waals surface area contributed by atoms with Crippen LogP contribution in [-0.2, 0) is 73.7 Å². The summed E-state index contributed by atoms with van der Waals surface area (Å²) < 4.78 is 97.4. The molecule has 0 saturated heterocycles. The van der Waals surface area contributed by atoms with Gasteiger partial charge in [0.05, 0.1) is 13.2 Å². The van der Waals surface area contributed by atoms with Crippen LogP contribution in [0, 0.1) is 0 Å². The minimum absolute atomic E-state index is 0. The van der Waals surface area contributed by atoms with Gasteiger partial charge in [-0.25, -0.2) is 8.37 Å². The second kappa shape index (κ2) is 15.5. The van der Waals surface area contributed by atoms with Crippen molar-refractivity contribution in [3.8, 4) is 0 Å². The standard InChI is InChI=1S/C4H10O4S.2Cu.2H2O4S/c1-3-7-9(5,6)8-4-2;;;2*1-5(2,3)4/h3-4H2,1-2H3;;;2*(H2,1,2,3,4)/q;2*+2;;/p-4. The minimum Gasteiger partial charge on any atom is -0.759 e. The summed E-state index contributed by atoms with van der Waals surface area (Å²) in [6.07, 6.45) is 0. The molecule has 0 rings (SSSR count). The second-order valence-corrected chi connectivity index (χ2v) is 4.96. The molecule has 0 N–H and O–H groups in total. The quantitative estimate of drug-likeness (QED) is 0.238. The Kier molecular flexibility index (Phi) is 24.6. The van der Waals surface area contributed by atoms with Crippen LogP contribution in [0.1, 0.15) is 13.8 Å². The van der Waals surface area contributed by atoms with Gasteiger partial charge >= 0.3 is 44.5 Å². The van der Waals surface area contributed by atoms with Crippen LogP contribution in [0.4, 0.5) is 0 Å². The van der Waals surface area contributed by atoms with Crippen molar-refractivity contribution in [2.75, 3.05) is 13.2 Å². The fourth-order valence-electron chi connectivity index (χ4n) is 0.323. The summed E-state index contributed by atoms with van der Waals surface area (Å²) in [6, 6.07) is 0. The first-order valence-corrected chi connectivity index (χ1v) is 7.99. The average Bonchev–Trinajstić information content (AvgIpc) is 1.95. The maximum atomic E-state index is 10.4. The van der Waals surface area contributed by atoms with Gasteiger partial charge in [0.1, 0.15) is 0 Å². The molecular formula is C4H10Cu2O12S3. The molecule has 21 heavy (non-hydrogen) atoms. The molecule has 0 aromatic rings. The van der Waals surface area contributed by atoms with Gasteiger partial charge in [0.25, 0.3) is 0 Å². The maximum Gasteiger partial charge on any atom is 2.00 e. The largest absolute Gasteiger partial charge is 2.00 e. The predicted molar refractivity (Wildman–Crippen MR) is 53.1 cm³/mol. The van der Waals surface area contributed by atoms with Crippen LogP contribution in [0.5, 0.6) is 0 Å². The van der Waals surface area contributed by atoms with Crippen molar-refractivity contribution in [3.05, 3.63) is 0 Å². The van der Waals surface area contributed by atoms with E-state index in [4.69, 9.17) is 35.0 Å². The van der Waals surface area contributed by atoms with Crippen molar-refractivity contribution in [1.82, 2.24) is 0 Å². The molecule has 0 unspecified atom stereocenters. The second-order valence-electron chi connectivity index (χ2n) is 2.04.